The molecule has 180 valence electrons. The molecule has 3 aromatic heterocycles. The van der Waals surface area contributed by atoms with E-state index in [1.807, 2.05) is 0 Å². The maximum Gasteiger partial charge on any atom is 0.433 e. The highest BCUT2D eigenvalue weighted by atomic mass is 19.4. The van der Waals surface area contributed by atoms with Crippen LogP contribution in [0.1, 0.15) is 25.2 Å². The van der Waals surface area contributed by atoms with Crippen molar-refractivity contribution in [3.8, 4) is 11.5 Å². The van der Waals surface area contributed by atoms with Crippen molar-refractivity contribution < 1.29 is 31.4 Å². The number of alkyl halides is 6. The van der Waals surface area contributed by atoms with E-state index in [2.05, 4.69) is 30.2 Å². The van der Waals surface area contributed by atoms with Gasteiger partial charge in [-0.25, -0.2) is 4.98 Å². The maximum absolute atomic E-state index is 13.1. The van der Waals surface area contributed by atoms with Gasteiger partial charge in [-0.2, -0.15) is 41.3 Å². The Balaban J connectivity index is 1.75. The lowest BCUT2D eigenvalue weighted by Gasteiger charge is -2.17. The zero-order chi connectivity index (χ0) is 24.9. The summed E-state index contributed by atoms with van der Waals surface area (Å²) in [6.45, 7) is 3.50. The summed E-state index contributed by atoms with van der Waals surface area (Å²) in [6.07, 6.45) is -8.45. The lowest BCUT2D eigenvalue weighted by Crippen LogP contribution is -2.30. The summed E-state index contributed by atoms with van der Waals surface area (Å²) in [6, 6.07) is 4.80. The monoisotopic (exact) mass is 485 g/mol. The van der Waals surface area contributed by atoms with Gasteiger partial charge in [0.25, 0.3) is 0 Å². The van der Waals surface area contributed by atoms with Gasteiger partial charge < -0.3 is 15.3 Å². The molecule has 0 spiro atoms. The number of hydrogen-bond donors (Lipinski definition) is 2. The first-order valence-corrected chi connectivity index (χ1v) is 9.82. The number of rotatable bonds is 5. The molecule has 0 radical (unpaired) electrons. The molecular weight excluding hydrogens is 468 g/mol. The van der Waals surface area contributed by atoms with E-state index in [1.165, 1.54) is 12.1 Å². The van der Waals surface area contributed by atoms with Crippen LogP contribution in [0.15, 0.2) is 36.5 Å². The second kappa shape index (κ2) is 8.04. The molecule has 1 fully saturated rings. The average molecular weight is 485 g/mol. The lowest BCUT2D eigenvalue weighted by molar-refractivity contribution is -0.141. The Labute approximate surface area is 188 Å². The fourth-order valence-electron chi connectivity index (χ4n) is 3.14. The number of halogens is 6. The third kappa shape index (κ3) is 5.16. The lowest BCUT2D eigenvalue weighted by atomic mass is 10.1. The number of nitrogens with zero attached hydrogens (tertiary/aromatic N) is 6. The molecule has 1 aliphatic heterocycles. The van der Waals surface area contributed by atoms with Crippen LogP contribution in [0.5, 0.6) is 0 Å². The summed E-state index contributed by atoms with van der Waals surface area (Å²) < 4.78 is 78.4. The molecule has 34 heavy (non-hydrogen) atoms. The van der Waals surface area contributed by atoms with Crippen molar-refractivity contribution in [2.24, 2.45) is 0 Å². The van der Waals surface area contributed by atoms with Crippen LogP contribution in [0, 0.1) is 0 Å². The third-order valence-corrected chi connectivity index (χ3v) is 4.88. The largest absolute Gasteiger partial charge is 0.433 e. The second-order valence-electron chi connectivity index (χ2n) is 8.06. The summed E-state index contributed by atoms with van der Waals surface area (Å²) >= 11 is 0. The SMILES string of the molecule is CC(C)(O)C1CN1c1nc(Nc2ccnc(C(F)(F)F)c2)nc(-c2cccc(C(F)(F)F)n2)n1. The minimum absolute atomic E-state index is 0.0175. The van der Waals surface area contributed by atoms with Crippen LogP contribution in [0.2, 0.25) is 0 Å². The quantitative estimate of drug-likeness (QED) is 0.412. The van der Waals surface area contributed by atoms with Crippen molar-refractivity contribution in [3.63, 3.8) is 0 Å². The van der Waals surface area contributed by atoms with Crippen molar-refractivity contribution >= 4 is 17.6 Å². The molecule has 0 aliphatic carbocycles. The molecule has 0 aromatic carbocycles. The van der Waals surface area contributed by atoms with E-state index in [1.54, 1.807) is 18.7 Å². The van der Waals surface area contributed by atoms with Crippen molar-refractivity contribution in [2.45, 2.75) is 37.8 Å². The van der Waals surface area contributed by atoms with Gasteiger partial charge in [-0.3, -0.25) is 4.98 Å². The van der Waals surface area contributed by atoms with Crippen LogP contribution in [0.3, 0.4) is 0 Å². The molecule has 4 heterocycles. The van der Waals surface area contributed by atoms with E-state index in [9.17, 15) is 31.4 Å². The molecule has 4 rings (SSSR count). The fraction of sp³-hybridized carbons (Fsp3) is 0.350. The normalized spacial score (nSPS) is 16.5. The van der Waals surface area contributed by atoms with Gasteiger partial charge in [-0.1, -0.05) is 6.07 Å². The zero-order valence-electron chi connectivity index (χ0n) is 17.6. The zero-order valence-corrected chi connectivity index (χ0v) is 17.6. The summed E-state index contributed by atoms with van der Waals surface area (Å²) in [4.78, 5) is 20.8. The van der Waals surface area contributed by atoms with Crippen molar-refractivity contribution in [1.82, 2.24) is 24.9 Å². The van der Waals surface area contributed by atoms with Crippen molar-refractivity contribution in [2.75, 3.05) is 16.8 Å². The Morgan fingerprint density at radius 2 is 1.65 bits per heavy atom. The van der Waals surface area contributed by atoms with E-state index >= 15 is 0 Å². The number of aromatic nitrogens is 5. The van der Waals surface area contributed by atoms with Gasteiger partial charge in [-0.15, -0.1) is 0 Å². The summed E-state index contributed by atoms with van der Waals surface area (Å²) in [5.41, 5.74) is -3.70. The molecule has 1 unspecified atom stereocenters. The van der Waals surface area contributed by atoms with E-state index in [0.29, 0.717) is 6.54 Å². The fourth-order valence-corrected chi connectivity index (χ4v) is 3.14. The molecule has 0 bridgehead atoms. The predicted octanol–water partition coefficient (Wildman–Crippen LogP) is 4.07. The molecule has 3 aromatic rings. The molecule has 14 heteroatoms. The van der Waals surface area contributed by atoms with E-state index in [4.69, 9.17) is 0 Å². The topological polar surface area (TPSA) is 99.7 Å². The minimum atomic E-state index is -4.70. The number of hydrogen-bond acceptors (Lipinski definition) is 8. The van der Waals surface area contributed by atoms with E-state index in [-0.39, 0.29) is 35.1 Å². The summed E-state index contributed by atoms with van der Waals surface area (Å²) in [7, 11) is 0. The van der Waals surface area contributed by atoms with Crippen molar-refractivity contribution in [1.29, 1.82) is 0 Å². The van der Waals surface area contributed by atoms with Gasteiger partial charge in [0.15, 0.2) is 5.82 Å². The second-order valence-corrected chi connectivity index (χ2v) is 8.06. The molecular formula is C20H17F6N7O. The summed E-state index contributed by atoms with van der Waals surface area (Å²) in [5, 5.41) is 12.8. The molecule has 2 N–H and O–H groups in total. The van der Waals surface area contributed by atoms with Crippen LogP contribution < -0.4 is 10.2 Å². The first kappa shape index (κ1) is 23.6. The Kier molecular flexibility index (Phi) is 5.58. The molecule has 1 atom stereocenters. The smallest absolute Gasteiger partial charge is 0.388 e. The third-order valence-electron chi connectivity index (χ3n) is 4.88. The molecule has 8 nitrogen and oxygen atoms in total. The van der Waals surface area contributed by atoms with Crippen molar-refractivity contribution in [3.05, 3.63) is 47.9 Å². The standard InChI is InChI=1S/C20H17F6N7O/c1-18(2,34)14-9-33(14)17-31-15(11-4-3-5-12(29-11)19(21,22)23)30-16(32-17)28-10-6-7-27-13(8-10)20(24,25)26/h3-8,14,34H,9H2,1-2H3,(H,27,28,30,31,32). The maximum atomic E-state index is 13.1. The van der Waals surface area contributed by atoms with Crippen LogP contribution >= 0.6 is 0 Å². The molecule has 1 aliphatic rings. The average Bonchev–Trinajstić information content (AvgIpc) is 3.54. The first-order valence-electron chi connectivity index (χ1n) is 9.82. The molecule has 0 amide bonds. The van der Waals surface area contributed by atoms with Gasteiger partial charge in [0.2, 0.25) is 11.9 Å². The van der Waals surface area contributed by atoms with E-state index < -0.39 is 29.3 Å². The number of aliphatic hydroxyl groups is 1. The minimum Gasteiger partial charge on any atom is -0.388 e. The number of pyridine rings is 2. The molecule has 0 saturated carbocycles. The van der Waals surface area contributed by atoms with Gasteiger partial charge in [0.1, 0.15) is 17.1 Å². The Morgan fingerprint density at radius 3 is 2.26 bits per heavy atom. The Morgan fingerprint density at radius 1 is 0.941 bits per heavy atom. The Hall–Kier alpha value is -3.55. The summed E-state index contributed by atoms with van der Waals surface area (Å²) in [5.74, 6) is -0.436. The number of anilines is 3. The predicted molar refractivity (Wildman–Crippen MR) is 108 cm³/mol. The van der Waals surface area contributed by atoms with Gasteiger partial charge in [0.05, 0.1) is 11.6 Å². The highest BCUT2D eigenvalue weighted by Gasteiger charge is 2.47. The highest BCUT2D eigenvalue weighted by molar-refractivity contribution is 5.60. The Bertz CT molecular complexity index is 1210. The van der Waals surface area contributed by atoms with Crippen LogP contribution in [-0.2, 0) is 12.4 Å². The molecule has 1 saturated heterocycles. The van der Waals surface area contributed by atoms with Gasteiger partial charge in [0, 0.05) is 18.4 Å². The first-order chi connectivity index (χ1) is 15.7. The number of nitrogens with one attached hydrogen (secondary N) is 1. The van der Waals surface area contributed by atoms with E-state index in [0.717, 1.165) is 24.4 Å². The van der Waals surface area contributed by atoms with Gasteiger partial charge in [-0.05, 0) is 38.1 Å². The van der Waals surface area contributed by atoms with Crippen LogP contribution in [0.4, 0.5) is 43.9 Å². The van der Waals surface area contributed by atoms with Gasteiger partial charge >= 0.3 is 12.4 Å². The van der Waals surface area contributed by atoms with Crippen LogP contribution in [-0.4, -0.2) is 48.2 Å². The highest BCUT2D eigenvalue weighted by Crippen LogP contribution is 2.35. The van der Waals surface area contributed by atoms with Crippen LogP contribution in [0.25, 0.3) is 11.5 Å².